The van der Waals surface area contributed by atoms with Gasteiger partial charge >= 0.3 is 11.9 Å². The summed E-state index contributed by atoms with van der Waals surface area (Å²) in [5, 5.41) is 4.45. The molecule has 0 radical (unpaired) electrons. The number of aromatic amines is 1. The van der Waals surface area contributed by atoms with Crippen molar-refractivity contribution in [1.82, 2.24) is 19.3 Å². The number of H-pyrrole nitrogens is 1. The molecule has 0 fully saturated rings. The molecule has 0 bridgehead atoms. The second-order valence-corrected chi connectivity index (χ2v) is 7.45. The highest BCUT2D eigenvalue weighted by molar-refractivity contribution is 7.71. The number of halogens is 4. The molecule has 4 aromatic rings. The molecule has 0 spiro atoms. The van der Waals surface area contributed by atoms with Crippen LogP contribution in [0, 0.1) is 4.77 Å². The third-order valence-electron chi connectivity index (χ3n) is 4.64. The largest absolute Gasteiger partial charge is 0.496 e. The van der Waals surface area contributed by atoms with Gasteiger partial charge in [-0.2, -0.15) is 17.9 Å². The molecule has 0 saturated heterocycles. The molecular formula is C20H14ClF3N4O3S. The van der Waals surface area contributed by atoms with Gasteiger partial charge in [0.2, 0.25) is 5.89 Å². The number of nitrogens with one attached hydrogen (secondary N) is 1. The quantitative estimate of drug-likeness (QED) is 0.401. The number of imidazole rings is 1. The number of hydrogen-bond donors (Lipinski definition) is 1. The Morgan fingerprint density at radius 3 is 2.56 bits per heavy atom. The minimum absolute atomic E-state index is 0.0370. The normalized spacial score (nSPS) is 11.7. The summed E-state index contributed by atoms with van der Waals surface area (Å²) in [5.41, 5.74) is 0.537. The van der Waals surface area contributed by atoms with Gasteiger partial charge in [0.25, 0.3) is 0 Å². The van der Waals surface area contributed by atoms with Crippen molar-refractivity contribution in [1.29, 1.82) is 0 Å². The van der Waals surface area contributed by atoms with E-state index in [4.69, 9.17) is 33.0 Å². The molecule has 0 aliphatic heterocycles. The first kappa shape index (κ1) is 21.9. The zero-order valence-corrected chi connectivity index (χ0v) is 17.9. The number of benzene rings is 2. The van der Waals surface area contributed by atoms with Crippen LogP contribution >= 0.6 is 23.8 Å². The lowest BCUT2D eigenvalue weighted by Crippen LogP contribution is -2.17. The summed E-state index contributed by atoms with van der Waals surface area (Å²) < 4.78 is 51.9. The van der Waals surface area contributed by atoms with E-state index in [2.05, 4.69) is 10.1 Å². The van der Waals surface area contributed by atoms with Crippen LogP contribution in [0.15, 0.2) is 58.0 Å². The molecular weight excluding hydrogens is 469 g/mol. The van der Waals surface area contributed by atoms with Gasteiger partial charge in [-0.1, -0.05) is 11.6 Å². The topological polar surface area (TPSA) is 78.0 Å². The zero-order valence-electron chi connectivity index (χ0n) is 16.3. The van der Waals surface area contributed by atoms with Gasteiger partial charge in [-0.25, -0.2) is 4.79 Å². The summed E-state index contributed by atoms with van der Waals surface area (Å²) in [5.74, 6) is -0.461. The molecule has 2 heterocycles. The van der Waals surface area contributed by atoms with Crippen molar-refractivity contribution < 1.29 is 22.3 Å². The average Bonchev–Trinajstić information content (AvgIpc) is 3.33. The fourth-order valence-corrected chi connectivity index (χ4v) is 3.58. The highest BCUT2D eigenvalue weighted by atomic mass is 35.5. The number of methoxy groups -OCH3 is 1. The zero-order chi connectivity index (χ0) is 23.0. The molecule has 2 aromatic carbocycles. The number of alkyl halides is 3. The van der Waals surface area contributed by atoms with Gasteiger partial charge in [-0.05, 0) is 42.5 Å². The molecule has 4 rings (SSSR count). The molecule has 32 heavy (non-hydrogen) atoms. The van der Waals surface area contributed by atoms with Gasteiger partial charge in [-0.15, -0.1) is 5.10 Å². The van der Waals surface area contributed by atoms with Crippen molar-refractivity contribution in [2.45, 2.75) is 12.7 Å². The van der Waals surface area contributed by atoms with Crippen LogP contribution in [0.4, 0.5) is 13.2 Å². The summed E-state index contributed by atoms with van der Waals surface area (Å²) in [6, 6.07) is 7.44. The Morgan fingerprint density at radius 2 is 1.97 bits per heavy atom. The smallest absolute Gasteiger partial charge is 0.437 e. The van der Waals surface area contributed by atoms with Crippen molar-refractivity contribution in [3.63, 3.8) is 0 Å². The maximum Gasteiger partial charge on any atom is 0.437 e. The maximum atomic E-state index is 12.8. The number of nitrogens with zero attached hydrogens (tertiary/aromatic N) is 3. The van der Waals surface area contributed by atoms with Gasteiger partial charge in [0.05, 0.1) is 29.9 Å². The van der Waals surface area contributed by atoms with E-state index in [1.165, 1.54) is 19.2 Å². The molecule has 12 heteroatoms. The number of ether oxygens (including phenoxy) is 1. The van der Waals surface area contributed by atoms with E-state index in [1.54, 1.807) is 29.1 Å². The van der Waals surface area contributed by atoms with Crippen LogP contribution in [-0.4, -0.2) is 26.4 Å². The average molecular weight is 483 g/mol. The lowest BCUT2D eigenvalue weighted by atomic mass is 10.1. The molecule has 0 atom stereocenters. The first-order chi connectivity index (χ1) is 15.2. The van der Waals surface area contributed by atoms with Gasteiger partial charge in [0, 0.05) is 29.6 Å². The van der Waals surface area contributed by atoms with Crippen LogP contribution in [0.25, 0.3) is 17.1 Å². The Bertz CT molecular complexity index is 1390. The van der Waals surface area contributed by atoms with Gasteiger partial charge in [-0.3, -0.25) is 4.57 Å². The van der Waals surface area contributed by atoms with Crippen molar-refractivity contribution in [2.75, 3.05) is 7.11 Å². The van der Waals surface area contributed by atoms with E-state index < -0.39 is 17.5 Å². The van der Waals surface area contributed by atoms with E-state index in [9.17, 15) is 18.0 Å². The van der Waals surface area contributed by atoms with Gasteiger partial charge in [0.15, 0.2) is 4.77 Å². The maximum absolute atomic E-state index is 12.8. The van der Waals surface area contributed by atoms with Crippen LogP contribution in [0.5, 0.6) is 5.75 Å². The molecule has 0 saturated carbocycles. The van der Waals surface area contributed by atoms with Gasteiger partial charge < -0.3 is 14.1 Å². The summed E-state index contributed by atoms with van der Waals surface area (Å²) in [7, 11) is 1.46. The minimum atomic E-state index is -4.47. The lowest BCUT2D eigenvalue weighted by molar-refractivity contribution is -0.137. The SMILES string of the molecule is COc1cc(-n2cc[nH]c2=S)c(Cl)cc1Cn1nc(-c2ccc(C(F)(F)F)cc2)oc1=O. The van der Waals surface area contributed by atoms with Crippen molar-refractivity contribution in [3.05, 3.63) is 80.3 Å². The van der Waals surface area contributed by atoms with Crippen LogP contribution in [0.3, 0.4) is 0 Å². The van der Waals surface area contributed by atoms with E-state index in [-0.39, 0.29) is 18.0 Å². The first-order valence-electron chi connectivity index (χ1n) is 9.06. The predicted octanol–water partition coefficient (Wildman–Crippen LogP) is 5.08. The Labute approximate surface area is 188 Å². The van der Waals surface area contributed by atoms with Crippen molar-refractivity contribution in [2.24, 2.45) is 0 Å². The fourth-order valence-electron chi connectivity index (χ4n) is 3.08. The molecule has 1 N–H and O–H groups in total. The van der Waals surface area contributed by atoms with Gasteiger partial charge in [0.1, 0.15) is 5.75 Å². The van der Waals surface area contributed by atoms with Crippen LogP contribution in [-0.2, 0) is 12.7 Å². The van der Waals surface area contributed by atoms with E-state index in [0.29, 0.717) is 26.8 Å². The number of rotatable bonds is 5. The summed E-state index contributed by atoms with van der Waals surface area (Å²) in [6.07, 6.45) is -1.09. The number of aromatic nitrogens is 4. The monoisotopic (exact) mass is 482 g/mol. The molecule has 2 aromatic heterocycles. The second kappa shape index (κ2) is 8.32. The Morgan fingerprint density at radius 1 is 1.25 bits per heavy atom. The highest BCUT2D eigenvalue weighted by Gasteiger charge is 2.30. The standard InChI is InChI=1S/C20H14ClF3N4O3S/c1-30-16-9-15(27-7-6-25-18(27)32)14(21)8-12(16)10-28-19(29)31-17(26-28)11-2-4-13(5-3-11)20(22,23)24/h2-9H,10H2,1H3,(H,25,32). The third-order valence-corrected chi connectivity index (χ3v) is 5.26. The molecule has 0 amide bonds. The Hall–Kier alpha value is -3.31. The van der Waals surface area contributed by atoms with Crippen LogP contribution < -0.4 is 10.5 Å². The molecule has 7 nitrogen and oxygen atoms in total. The summed E-state index contributed by atoms with van der Waals surface area (Å²) in [6.45, 7) is -0.0370. The minimum Gasteiger partial charge on any atom is -0.496 e. The van der Waals surface area contributed by atoms with Crippen LogP contribution in [0.1, 0.15) is 11.1 Å². The summed E-state index contributed by atoms with van der Waals surface area (Å²) in [4.78, 5) is 15.2. The Balaban J connectivity index is 1.66. The molecule has 166 valence electrons. The Kier molecular flexibility index (Phi) is 5.70. The van der Waals surface area contributed by atoms with E-state index in [1.807, 2.05) is 0 Å². The third kappa shape index (κ3) is 4.21. The lowest BCUT2D eigenvalue weighted by Gasteiger charge is -2.13. The second-order valence-electron chi connectivity index (χ2n) is 6.66. The predicted molar refractivity (Wildman–Crippen MR) is 113 cm³/mol. The molecule has 0 aliphatic rings. The molecule has 0 aliphatic carbocycles. The van der Waals surface area contributed by atoms with Crippen molar-refractivity contribution in [3.8, 4) is 22.9 Å². The summed E-state index contributed by atoms with van der Waals surface area (Å²) >= 11 is 11.6. The number of hydrogen-bond acceptors (Lipinski definition) is 5. The fraction of sp³-hybridized carbons (Fsp3) is 0.150. The van der Waals surface area contributed by atoms with E-state index in [0.717, 1.165) is 16.8 Å². The first-order valence-corrected chi connectivity index (χ1v) is 9.84. The van der Waals surface area contributed by atoms with Crippen molar-refractivity contribution >= 4 is 23.8 Å². The molecule has 0 unspecified atom stereocenters. The van der Waals surface area contributed by atoms with E-state index >= 15 is 0 Å². The van der Waals surface area contributed by atoms with Crippen LogP contribution in [0.2, 0.25) is 5.02 Å². The highest BCUT2D eigenvalue weighted by Crippen LogP contribution is 2.32.